The van der Waals surface area contributed by atoms with Crippen LogP contribution in [0.2, 0.25) is 0 Å². The van der Waals surface area contributed by atoms with E-state index in [-0.39, 0.29) is 19.0 Å². The largest absolute Gasteiger partial charge is 0.391 e. The number of aliphatic hydroxyl groups is 1. The van der Waals surface area contributed by atoms with Crippen molar-refractivity contribution >= 4 is 16.8 Å². The van der Waals surface area contributed by atoms with Gasteiger partial charge in [0.1, 0.15) is 0 Å². The van der Waals surface area contributed by atoms with Crippen LogP contribution in [0.3, 0.4) is 0 Å². The summed E-state index contributed by atoms with van der Waals surface area (Å²) in [5.41, 5.74) is 1.87. The average molecular weight is 352 g/mol. The van der Waals surface area contributed by atoms with Gasteiger partial charge < -0.3 is 10.0 Å². The van der Waals surface area contributed by atoms with Crippen LogP contribution in [0.1, 0.15) is 18.4 Å². The monoisotopic (exact) mass is 352 g/mol. The van der Waals surface area contributed by atoms with Crippen molar-refractivity contribution < 1.29 is 23.1 Å². The highest BCUT2D eigenvalue weighted by Crippen LogP contribution is 2.27. The molecule has 2 aromatic rings. The zero-order valence-corrected chi connectivity index (χ0v) is 13.5. The van der Waals surface area contributed by atoms with Crippen LogP contribution in [0.5, 0.6) is 0 Å². The number of carbonyl (C=O) groups is 1. The Labute approximate surface area is 143 Å². The lowest BCUT2D eigenvalue weighted by Crippen LogP contribution is -2.30. The van der Waals surface area contributed by atoms with Crippen molar-refractivity contribution in [2.24, 2.45) is 5.92 Å². The fourth-order valence-electron chi connectivity index (χ4n) is 3.28. The van der Waals surface area contributed by atoms with Crippen molar-refractivity contribution in [2.45, 2.75) is 31.5 Å². The van der Waals surface area contributed by atoms with E-state index in [4.69, 9.17) is 0 Å². The van der Waals surface area contributed by atoms with E-state index in [1.807, 2.05) is 30.3 Å². The summed E-state index contributed by atoms with van der Waals surface area (Å²) in [5.74, 6) is -0.751. The van der Waals surface area contributed by atoms with Gasteiger partial charge in [0, 0.05) is 37.0 Å². The molecule has 1 aromatic carbocycles. The normalized spacial score (nSPS) is 21.0. The Morgan fingerprint density at radius 1 is 1.24 bits per heavy atom. The molecule has 0 aliphatic carbocycles. The third-order valence-electron chi connectivity index (χ3n) is 4.60. The number of aromatic nitrogens is 1. The molecule has 0 saturated carbocycles. The molecule has 3 rings (SSSR count). The molecule has 1 N–H and O–H groups in total. The quantitative estimate of drug-likeness (QED) is 0.921. The van der Waals surface area contributed by atoms with Crippen molar-refractivity contribution in [3.05, 3.63) is 42.1 Å². The maximum Gasteiger partial charge on any atom is 0.389 e. The molecule has 1 saturated heterocycles. The summed E-state index contributed by atoms with van der Waals surface area (Å²) < 4.78 is 36.8. The topological polar surface area (TPSA) is 53.4 Å². The second kappa shape index (κ2) is 7.00. The first-order valence-electron chi connectivity index (χ1n) is 8.19. The van der Waals surface area contributed by atoms with Gasteiger partial charge in [-0.25, -0.2) is 0 Å². The number of rotatable bonds is 4. The summed E-state index contributed by atoms with van der Waals surface area (Å²) in [7, 11) is 0. The zero-order chi connectivity index (χ0) is 18.0. The van der Waals surface area contributed by atoms with E-state index < -0.39 is 31.0 Å². The average Bonchev–Trinajstić information content (AvgIpc) is 2.93. The second-order valence-electron chi connectivity index (χ2n) is 6.43. The molecule has 2 atom stereocenters. The van der Waals surface area contributed by atoms with Crippen molar-refractivity contribution in [2.75, 3.05) is 13.1 Å². The molecule has 1 fully saturated rings. The van der Waals surface area contributed by atoms with Gasteiger partial charge >= 0.3 is 6.18 Å². The van der Waals surface area contributed by atoms with Crippen LogP contribution < -0.4 is 0 Å². The van der Waals surface area contributed by atoms with E-state index in [9.17, 15) is 23.1 Å². The number of halogens is 3. The molecule has 0 unspecified atom stereocenters. The molecule has 0 radical (unpaired) electrons. The van der Waals surface area contributed by atoms with Crippen LogP contribution in [0.4, 0.5) is 13.2 Å². The minimum Gasteiger partial charge on any atom is -0.391 e. The van der Waals surface area contributed by atoms with E-state index >= 15 is 0 Å². The lowest BCUT2D eigenvalue weighted by Gasteiger charge is -2.17. The predicted molar refractivity (Wildman–Crippen MR) is 86.8 cm³/mol. The Hall–Kier alpha value is -2.15. The van der Waals surface area contributed by atoms with Gasteiger partial charge in [0.25, 0.3) is 0 Å². The molecule has 7 heteroatoms. The van der Waals surface area contributed by atoms with Crippen LogP contribution in [0.15, 0.2) is 36.5 Å². The molecule has 2 heterocycles. The standard InChI is InChI=1S/C18H19F3N2O2/c19-18(20,21)7-5-17(25)23-10-13(16(24)11-23)9-12-6-8-22-15-4-2-1-3-14(12)15/h1-4,6,8,13,16,24H,5,7,9-11H2/t13-,16-/m1/s1. The number of pyridine rings is 1. The Morgan fingerprint density at radius 3 is 2.76 bits per heavy atom. The molecule has 1 amide bonds. The molecule has 0 bridgehead atoms. The zero-order valence-electron chi connectivity index (χ0n) is 13.5. The Morgan fingerprint density at radius 2 is 2.00 bits per heavy atom. The number of amides is 1. The smallest absolute Gasteiger partial charge is 0.389 e. The lowest BCUT2D eigenvalue weighted by molar-refractivity contribution is -0.148. The minimum atomic E-state index is -4.34. The first-order chi connectivity index (χ1) is 11.8. The third-order valence-corrected chi connectivity index (χ3v) is 4.60. The predicted octanol–water partition coefficient (Wildman–Crippen LogP) is 2.94. The van der Waals surface area contributed by atoms with Gasteiger partial charge in [-0.15, -0.1) is 0 Å². The maximum atomic E-state index is 12.3. The second-order valence-corrected chi connectivity index (χ2v) is 6.43. The van der Waals surface area contributed by atoms with Crippen molar-refractivity contribution in [3.8, 4) is 0 Å². The van der Waals surface area contributed by atoms with E-state index in [0.29, 0.717) is 6.42 Å². The molecular weight excluding hydrogens is 333 g/mol. The number of hydrogen-bond donors (Lipinski definition) is 1. The first-order valence-corrected chi connectivity index (χ1v) is 8.19. The number of para-hydroxylation sites is 1. The van der Waals surface area contributed by atoms with Crippen LogP contribution in [-0.4, -0.2) is 46.3 Å². The van der Waals surface area contributed by atoms with Gasteiger partial charge in [0.15, 0.2) is 0 Å². The van der Waals surface area contributed by atoms with E-state index in [1.54, 1.807) is 6.20 Å². The summed E-state index contributed by atoms with van der Waals surface area (Å²) in [6.45, 7) is 0.360. The molecular formula is C18H19F3N2O2. The van der Waals surface area contributed by atoms with Gasteiger partial charge in [-0.2, -0.15) is 13.2 Å². The number of fused-ring (bicyclic) bond motifs is 1. The third kappa shape index (κ3) is 4.28. The van der Waals surface area contributed by atoms with Gasteiger partial charge in [-0.05, 0) is 24.1 Å². The Bertz CT molecular complexity index is 758. The Balaban J connectivity index is 1.67. The first kappa shape index (κ1) is 17.7. The maximum absolute atomic E-state index is 12.3. The van der Waals surface area contributed by atoms with Crippen molar-refractivity contribution in [3.63, 3.8) is 0 Å². The number of β-amino-alcohol motifs (C(OH)–C–C–N with tert-alkyl or cyclic N) is 1. The van der Waals surface area contributed by atoms with Crippen LogP contribution in [0, 0.1) is 5.92 Å². The van der Waals surface area contributed by atoms with Gasteiger partial charge in [-0.1, -0.05) is 18.2 Å². The highest BCUT2D eigenvalue weighted by Gasteiger charge is 2.36. The molecule has 25 heavy (non-hydrogen) atoms. The van der Waals surface area contributed by atoms with E-state index in [0.717, 1.165) is 16.5 Å². The van der Waals surface area contributed by atoms with E-state index in [1.165, 1.54) is 4.90 Å². The summed E-state index contributed by atoms with van der Waals surface area (Å²) >= 11 is 0. The molecule has 4 nitrogen and oxygen atoms in total. The number of aliphatic hydroxyl groups excluding tert-OH is 1. The van der Waals surface area contributed by atoms with E-state index in [2.05, 4.69) is 4.98 Å². The highest BCUT2D eigenvalue weighted by molar-refractivity contribution is 5.82. The highest BCUT2D eigenvalue weighted by atomic mass is 19.4. The Kier molecular flexibility index (Phi) is 4.94. The number of alkyl halides is 3. The fourth-order valence-corrected chi connectivity index (χ4v) is 3.28. The van der Waals surface area contributed by atoms with Crippen molar-refractivity contribution in [1.29, 1.82) is 0 Å². The van der Waals surface area contributed by atoms with Crippen LogP contribution >= 0.6 is 0 Å². The van der Waals surface area contributed by atoms with Crippen molar-refractivity contribution in [1.82, 2.24) is 9.88 Å². The fraction of sp³-hybridized carbons (Fsp3) is 0.444. The van der Waals surface area contributed by atoms with Crippen LogP contribution in [-0.2, 0) is 11.2 Å². The number of carbonyl (C=O) groups excluding carboxylic acids is 1. The molecule has 0 spiro atoms. The molecule has 134 valence electrons. The SMILES string of the molecule is O=C(CCC(F)(F)F)N1C[C@@H](Cc2ccnc3ccccc23)[C@H](O)C1. The lowest BCUT2D eigenvalue weighted by atomic mass is 9.94. The van der Waals surface area contributed by atoms with Gasteiger partial charge in [0.2, 0.25) is 5.91 Å². The molecule has 1 aliphatic heterocycles. The summed E-state index contributed by atoms with van der Waals surface area (Å²) in [6, 6.07) is 9.53. The number of hydrogen-bond acceptors (Lipinski definition) is 3. The number of likely N-dealkylation sites (tertiary alicyclic amines) is 1. The summed E-state index contributed by atoms with van der Waals surface area (Å²) in [4.78, 5) is 17.6. The molecule has 1 aromatic heterocycles. The van der Waals surface area contributed by atoms with Gasteiger partial charge in [0.05, 0.1) is 18.0 Å². The number of nitrogens with zero attached hydrogens (tertiary/aromatic N) is 2. The van der Waals surface area contributed by atoms with Gasteiger partial charge in [-0.3, -0.25) is 9.78 Å². The summed E-state index contributed by atoms with van der Waals surface area (Å²) in [6.07, 6.45) is -4.53. The summed E-state index contributed by atoms with van der Waals surface area (Å²) in [5, 5.41) is 11.2. The molecule has 1 aliphatic rings. The number of benzene rings is 1. The van der Waals surface area contributed by atoms with Crippen LogP contribution in [0.25, 0.3) is 10.9 Å². The minimum absolute atomic E-state index is 0.0877.